The van der Waals surface area contributed by atoms with Crippen molar-refractivity contribution >= 4 is 34.2 Å². The number of anilines is 2. The molecule has 0 aliphatic carbocycles. The number of carbonyl (C=O) groups excluding carboxylic acids is 2. The molecule has 2 amide bonds. The molecule has 0 spiro atoms. The number of rotatable bonds is 4. The number of aryl methyl sites for hydroxylation is 1. The Hall–Kier alpha value is -4.33. The largest absolute Gasteiger partial charge is 0.486 e. The van der Waals surface area contributed by atoms with Crippen LogP contribution < -0.4 is 20.1 Å². The van der Waals surface area contributed by atoms with E-state index in [1.54, 1.807) is 42.6 Å². The lowest BCUT2D eigenvalue weighted by atomic mass is 10.1. The molecule has 0 atom stereocenters. The number of nitrogens with zero attached hydrogens (tertiary/aromatic N) is 1. The van der Waals surface area contributed by atoms with Crippen LogP contribution in [0.1, 0.15) is 26.3 Å². The fourth-order valence-corrected chi connectivity index (χ4v) is 3.48. The monoisotopic (exact) mass is 428 g/mol. The first-order chi connectivity index (χ1) is 15.6. The summed E-state index contributed by atoms with van der Waals surface area (Å²) in [4.78, 5) is 32.7. The van der Waals surface area contributed by atoms with Gasteiger partial charge in [0.15, 0.2) is 11.5 Å². The lowest BCUT2D eigenvalue weighted by Gasteiger charge is -2.18. The number of H-pyrrole nitrogens is 1. The predicted molar refractivity (Wildman–Crippen MR) is 121 cm³/mol. The number of aromatic amines is 1. The van der Waals surface area contributed by atoms with Gasteiger partial charge in [0.05, 0.1) is 5.56 Å². The second-order valence-electron chi connectivity index (χ2n) is 7.44. The molecule has 0 fully saturated rings. The number of benzene rings is 2. The van der Waals surface area contributed by atoms with Crippen molar-refractivity contribution in [3.05, 3.63) is 77.6 Å². The minimum Gasteiger partial charge on any atom is -0.486 e. The maximum Gasteiger partial charge on any atom is 0.257 e. The minimum atomic E-state index is -0.287. The molecule has 5 rings (SSSR count). The van der Waals surface area contributed by atoms with Gasteiger partial charge in [0.25, 0.3) is 11.8 Å². The molecular weight excluding hydrogens is 408 g/mol. The van der Waals surface area contributed by atoms with Crippen LogP contribution in [0.3, 0.4) is 0 Å². The summed E-state index contributed by atoms with van der Waals surface area (Å²) in [5.41, 5.74) is 3.65. The third-order valence-electron chi connectivity index (χ3n) is 5.21. The Morgan fingerprint density at radius 2 is 1.72 bits per heavy atom. The van der Waals surface area contributed by atoms with Crippen molar-refractivity contribution in [3.8, 4) is 11.5 Å². The van der Waals surface area contributed by atoms with Crippen molar-refractivity contribution in [2.75, 3.05) is 23.8 Å². The number of amides is 2. The van der Waals surface area contributed by atoms with E-state index in [9.17, 15) is 9.59 Å². The molecule has 0 radical (unpaired) electrons. The van der Waals surface area contributed by atoms with Crippen molar-refractivity contribution in [2.45, 2.75) is 6.92 Å². The van der Waals surface area contributed by atoms with Crippen LogP contribution in [0.15, 0.2) is 60.9 Å². The fraction of sp³-hybridized carbons (Fsp3) is 0.125. The normalized spacial score (nSPS) is 12.4. The number of aromatic nitrogens is 2. The fourth-order valence-electron chi connectivity index (χ4n) is 3.48. The van der Waals surface area contributed by atoms with Crippen LogP contribution in [0, 0.1) is 6.92 Å². The van der Waals surface area contributed by atoms with Crippen molar-refractivity contribution in [3.63, 3.8) is 0 Å². The van der Waals surface area contributed by atoms with E-state index in [-0.39, 0.29) is 11.8 Å². The average Bonchev–Trinajstić information content (AvgIpc) is 3.29. The molecule has 0 saturated heterocycles. The summed E-state index contributed by atoms with van der Waals surface area (Å²) < 4.78 is 11.0. The zero-order valence-electron chi connectivity index (χ0n) is 17.3. The molecule has 8 nitrogen and oxygen atoms in total. The molecule has 3 heterocycles. The highest BCUT2D eigenvalue weighted by molar-refractivity contribution is 6.07. The number of hydrogen-bond donors (Lipinski definition) is 3. The second-order valence-corrected chi connectivity index (χ2v) is 7.44. The molecule has 160 valence electrons. The highest BCUT2D eigenvalue weighted by Gasteiger charge is 2.16. The number of ether oxygens (including phenoxy) is 2. The highest BCUT2D eigenvalue weighted by atomic mass is 16.6. The molecule has 0 bridgehead atoms. The molecule has 0 unspecified atom stereocenters. The SMILES string of the molecule is Cc1ccc(NC(=O)c2ccc3c(c2)OCCO3)cc1NC(=O)c1cnc2[nH]ccc2c1. The summed E-state index contributed by atoms with van der Waals surface area (Å²) in [5.74, 6) is 0.610. The third kappa shape index (κ3) is 3.85. The van der Waals surface area contributed by atoms with Crippen LogP contribution in [0.25, 0.3) is 11.0 Å². The summed E-state index contributed by atoms with van der Waals surface area (Å²) in [6, 6.07) is 14.0. The number of fused-ring (bicyclic) bond motifs is 2. The van der Waals surface area contributed by atoms with E-state index in [0.29, 0.717) is 47.2 Å². The summed E-state index contributed by atoms with van der Waals surface area (Å²) in [7, 11) is 0. The molecule has 8 heteroatoms. The molecule has 1 aliphatic rings. The van der Waals surface area contributed by atoms with Gasteiger partial charge in [-0.2, -0.15) is 0 Å². The van der Waals surface area contributed by atoms with E-state index >= 15 is 0 Å². The first-order valence-electron chi connectivity index (χ1n) is 10.1. The van der Waals surface area contributed by atoms with Crippen molar-refractivity contribution < 1.29 is 19.1 Å². The number of pyridine rings is 1. The van der Waals surface area contributed by atoms with Gasteiger partial charge in [-0.25, -0.2) is 4.98 Å². The van der Waals surface area contributed by atoms with Gasteiger partial charge in [-0.15, -0.1) is 0 Å². The van der Waals surface area contributed by atoms with E-state index in [0.717, 1.165) is 16.6 Å². The first-order valence-corrected chi connectivity index (χ1v) is 10.1. The minimum absolute atomic E-state index is 0.279. The van der Waals surface area contributed by atoms with Gasteiger partial charge in [0.2, 0.25) is 0 Å². The lowest BCUT2D eigenvalue weighted by Crippen LogP contribution is -2.17. The van der Waals surface area contributed by atoms with Crippen molar-refractivity contribution in [2.24, 2.45) is 0 Å². The van der Waals surface area contributed by atoms with Crippen molar-refractivity contribution in [1.82, 2.24) is 9.97 Å². The maximum absolute atomic E-state index is 12.7. The Bertz CT molecular complexity index is 1350. The summed E-state index contributed by atoms with van der Waals surface area (Å²) >= 11 is 0. The van der Waals surface area contributed by atoms with Crippen LogP contribution in [0.4, 0.5) is 11.4 Å². The average molecular weight is 428 g/mol. The summed E-state index contributed by atoms with van der Waals surface area (Å²) in [5, 5.41) is 6.62. The Balaban J connectivity index is 1.33. The van der Waals surface area contributed by atoms with Crippen LogP contribution in [0.2, 0.25) is 0 Å². The van der Waals surface area contributed by atoms with E-state index in [1.807, 2.05) is 19.1 Å². The molecule has 1 aliphatic heterocycles. The topological polar surface area (TPSA) is 105 Å². The standard InChI is InChI=1S/C24H20N4O4/c1-14-2-4-18(27-23(29)16-3-5-20-21(11-16)32-9-8-31-20)12-19(14)28-24(30)17-10-15-6-7-25-22(15)26-13-17/h2-7,10-13H,8-9H2,1H3,(H,25,26)(H,27,29)(H,28,30). The predicted octanol–water partition coefficient (Wildman–Crippen LogP) is 4.15. The molecule has 32 heavy (non-hydrogen) atoms. The summed E-state index contributed by atoms with van der Waals surface area (Å²) in [6.45, 7) is 2.83. The van der Waals surface area contributed by atoms with Crippen LogP contribution in [-0.4, -0.2) is 35.0 Å². The lowest BCUT2D eigenvalue weighted by molar-refractivity contribution is 0.101. The quantitative estimate of drug-likeness (QED) is 0.453. The highest BCUT2D eigenvalue weighted by Crippen LogP contribution is 2.31. The smallest absolute Gasteiger partial charge is 0.257 e. The molecule has 3 N–H and O–H groups in total. The number of hydrogen-bond acceptors (Lipinski definition) is 5. The molecule has 2 aromatic heterocycles. The van der Waals surface area contributed by atoms with Crippen molar-refractivity contribution in [1.29, 1.82) is 0 Å². The molecule has 4 aromatic rings. The number of nitrogens with one attached hydrogen (secondary N) is 3. The number of carbonyl (C=O) groups is 2. The van der Waals surface area contributed by atoms with Gasteiger partial charge in [0, 0.05) is 34.7 Å². The summed E-state index contributed by atoms with van der Waals surface area (Å²) in [6.07, 6.45) is 3.30. The Morgan fingerprint density at radius 3 is 2.59 bits per heavy atom. The second kappa shape index (κ2) is 8.07. The zero-order valence-corrected chi connectivity index (χ0v) is 17.3. The van der Waals surface area contributed by atoms with E-state index in [1.165, 1.54) is 6.20 Å². The van der Waals surface area contributed by atoms with Crippen LogP contribution in [0.5, 0.6) is 11.5 Å². The molecular formula is C24H20N4O4. The Morgan fingerprint density at radius 1 is 0.906 bits per heavy atom. The van der Waals surface area contributed by atoms with Gasteiger partial charge < -0.3 is 25.1 Å². The van der Waals surface area contributed by atoms with Gasteiger partial charge in [-0.05, 0) is 55.0 Å². The molecule has 2 aromatic carbocycles. The molecule has 0 saturated carbocycles. The van der Waals surface area contributed by atoms with Gasteiger partial charge in [0.1, 0.15) is 18.9 Å². The first kappa shape index (κ1) is 19.6. The Labute approximate surface area is 183 Å². The van der Waals surface area contributed by atoms with Crippen LogP contribution in [-0.2, 0) is 0 Å². The third-order valence-corrected chi connectivity index (χ3v) is 5.21. The Kier molecular flexibility index (Phi) is 4.95. The zero-order chi connectivity index (χ0) is 22.1. The van der Waals surface area contributed by atoms with Gasteiger partial charge in [-0.1, -0.05) is 6.07 Å². The van der Waals surface area contributed by atoms with E-state index < -0.39 is 0 Å². The van der Waals surface area contributed by atoms with E-state index in [4.69, 9.17) is 9.47 Å². The van der Waals surface area contributed by atoms with Gasteiger partial charge in [-0.3, -0.25) is 9.59 Å². The van der Waals surface area contributed by atoms with Gasteiger partial charge >= 0.3 is 0 Å². The van der Waals surface area contributed by atoms with E-state index in [2.05, 4.69) is 20.6 Å². The maximum atomic E-state index is 12.7. The van der Waals surface area contributed by atoms with Crippen LogP contribution >= 0.6 is 0 Å².